The first-order valence-electron chi connectivity index (χ1n) is 9.24. The minimum absolute atomic E-state index is 0.0818. The van der Waals surface area contributed by atoms with E-state index in [4.69, 9.17) is 4.99 Å². The highest BCUT2D eigenvalue weighted by Gasteiger charge is 2.53. The molecule has 5 heteroatoms. The summed E-state index contributed by atoms with van der Waals surface area (Å²) in [6.07, 6.45) is 2.84. The van der Waals surface area contributed by atoms with E-state index in [1.807, 2.05) is 0 Å². The van der Waals surface area contributed by atoms with Gasteiger partial charge in [0, 0.05) is 43.7 Å². The summed E-state index contributed by atoms with van der Waals surface area (Å²) in [6, 6.07) is 0. The highest BCUT2D eigenvalue weighted by molar-refractivity contribution is 5.82. The second kappa shape index (κ2) is 7.39. The second-order valence-corrected chi connectivity index (χ2v) is 8.19. The zero-order valence-corrected chi connectivity index (χ0v) is 15.7. The summed E-state index contributed by atoms with van der Waals surface area (Å²) in [5.74, 6) is 1.06. The molecule has 5 nitrogen and oxygen atoms in total. The van der Waals surface area contributed by atoms with Gasteiger partial charge in [-0.15, -0.1) is 0 Å². The van der Waals surface area contributed by atoms with E-state index in [1.54, 1.807) is 0 Å². The maximum atomic E-state index is 9.55. The average molecular weight is 325 g/mol. The van der Waals surface area contributed by atoms with Gasteiger partial charge < -0.3 is 20.2 Å². The molecular weight excluding hydrogens is 288 g/mol. The van der Waals surface area contributed by atoms with Gasteiger partial charge in [0.1, 0.15) is 0 Å². The van der Waals surface area contributed by atoms with Gasteiger partial charge in [0.2, 0.25) is 0 Å². The average Bonchev–Trinajstić information content (AvgIpc) is 2.50. The zero-order valence-electron chi connectivity index (χ0n) is 15.7. The van der Waals surface area contributed by atoms with Crippen LogP contribution in [0.4, 0.5) is 0 Å². The molecule has 0 unspecified atom stereocenters. The number of nitrogens with zero attached hydrogens (tertiary/aromatic N) is 3. The van der Waals surface area contributed by atoms with Gasteiger partial charge in [0.25, 0.3) is 0 Å². The number of nitrogens with one attached hydrogen (secondary N) is 1. The molecule has 2 fully saturated rings. The van der Waals surface area contributed by atoms with Crippen LogP contribution in [0.1, 0.15) is 53.9 Å². The highest BCUT2D eigenvalue weighted by atomic mass is 16.3. The lowest BCUT2D eigenvalue weighted by Gasteiger charge is -2.62. The van der Waals surface area contributed by atoms with Crippen molar-refractivity contribution in [3.8, 4) is 0 Å². The number of rotatable bonds is 5. The molecule has 0 aromatic rings. The molecule has 0 amide bonds. The summed E-state index contributed by atoms with van der Waals surface area (Å²) < 4.78 is 0. The fraction of sp³-hybridized carbons (Fsp3) is 0.944. The third-order valence-electron chi connectivity index (χ3n) is 5.93. The largest absolute Gasteiger partial charge is 0.393 e. The van der Waals surface area contributed by atoms with Gasteiger partial charge >= 0.3 is 0 Å². The second-order valence-electron chi connectivity index (χ2n) is 8.19. The smallest absolute Gasteiger partial charge is 0.194 e. The van der Waals surface area contributed by atoms with Crippen molar-refractivity contribution in [3.05, 3.63) is 0 Å². The predicted molar refractivity (Wildman–Crippen MR) is 96.8 cm³/mol. The van der Waals surface area contributed by atoms with Crippen molar-refractivity contribution in [1.82, 2.24) is 15.1 Å². The van der Waals surface area contributed by atoms with Crippen molar-refractivity contribution < 1.29 is 5.11 Å². The van der Waals surface area contributed by atoms with E-state index in [9.17, 15) is 5.11 Å². The molecule has 2 aliphatic heterocycles. The van der Waals surface area contributed by atoms with E-state index in [0.717, 1.165) is 64.5 Å². The van der Waals surface area contributed by atoms with Crippen LogP contribution in [0, 0.1) is 5.41 Å². The molecule has 0 saturated carbocycles. The Hall–Kier alpha value is -0.810. The Morgan fingerprint density at radius 2 is 1.87 bits per heavy atom. The maximum Gasteiger partial charge on any atom is 0.194 e. The van der Waals surface area contributed by atoms with E-state index in [1.165, 1.54) is 0 Å². The van der Waals surface area contributed by atoms with Crippen LogP contribution < -0.4 is 5.32 Å². The minimum atomic E-state index is -0.0818. The third-order valence-corrected chi connectivity index (χ3v) is 5.93. The molecule has 2 aliphatic rings. The van der Waals surface area contributed by atoms with Crippen LogP contribution in [0.2, 0.25) is 0 Å². The Kier molecular flexibility index (Phi) is 5.95. The Bertz CT molecular complexity index is 411. The number of guanidine groups is 1. The Morgan fingerprint density at radius 3 is 2.39 bits per heavy atom. The molecule has 134 valence electrons. The summed E-state index contributed by atoms with van der Waals surface area (Å²) in [5.41, 5.74) is 0.481. The van der Waals surface area contributed by atoms with Gasteiger partial charge in [-0.3, -0.25) is 4.99 Å². The molecule has 2 heterocycles. The van der Waals surface area contributed by atoms with Gasteiger partial charge in [0.05, 0.1) is 6.10 Å². The molecule has 2 N–H and O–H groups in total. The predicted octanol–water partition coefficient (Wildman–Crippen LogP) is 1.92. The van der Waals surface area contributed by atoms with Gasteiger partial charge in [-0.05, 0) is 46.6 Å². The van der Waals surface area contributed by atoms with Crippen LogP contribution in [0.25, 0.3) is 0 Å². The summed E-state index contributed by atoms with van der Waals surface area (Å²) in [4.78, 5) is 9.71. The Balaban J connectivity index is 1.81. The molecule has 0 atom stereocenters. The SMILES string of the molecule is CCNC(=NCCCN1CCC(O)CC1)N1CC(C)(C)C1(C)C. The lowest BCUT2D eigenvalue weighted by atomic mass is 9.65. The zero-order chi connectivity index (χ0) is 17.1. The van der Waals surface area contributed by atoms with Crippen molar-refractivity contribution in [3.63, 3.8) is 0 Å². The van der Waals surface area contributed by atoms with Gasteiger partial charge in [0.15, 0.2) is 5.96 Å². The number of aliphatic imine (C=N–C) groups is 1. The van der Waals surface area contributed by atoms with E-state index in [2.05, 4.69) is 49.7 Å². The van der Waals surface area contributed by atoms with Crippen LogP contribution in [-0.2, 0) is 0 Å². The molecule has 0 radical (unpaired) electrons. The fourth-order valence-corrected chi connectivity index (χ4v) is 3.42. The topological polar surface area (TPSA) is 51.1 Å². The number of piperidine rings is 1. The Labute approximate surface area is 142 Å². The standard InChI is InChI=1S/C18H36N4O/c1-6-19-16(22-14-17(2,3)18(22,4)5)20-10-7-11-21-12-8-15(23)9-13-21/h15,23H,6-14H2,1-5H3,(H,19,20). The maximum absolute atomic E-state index is 9.55. The van der Waals surface area contributed by atoms with Crippen LogP contribution in [0.15, 0.2) is 4.99 Å². The molecule has 0 aromatic heterocycles. The lowest BCUT2D eigenvalue weighted by molar-refractivity contribution is -0.0667. The number of aliphatic hydroxyl groups is 1. The Morgan fingerprint density at radius 1 is 1.22 bits per heavy atom. The first-order chi connectivity index (χ1) is 10.8. The monoisotopic (exact) mass is 324 g/mol. The highest BCUT2D eigenvalue weighted by Crippen LogP contribution is 2.46. The van der Waals surface area contributed by atoms with E-state index >= 15 is 0 Å². The van der Waals surface area contributed by atoms with Crippen molar-refractivity contribution in [2.24, 2.45) is 10.4 Å². The van der Waals surface area contributed by atoms with Gasteiger partial charge in [-0.2, -0.15) is 0 Å². The van der Waals surface area contributed by atoms with E-state index < -0.39 is 0 Å². The minimum Gasteiger partial charge on any atom is -0.393 e. The van der Waals surface area contributed by atoms with E-state index in [-0.39, 0.29) is 11.6 Å². The fourth-order valence-electron chi connectivity index (χ4n) is 3.42. The summed E-state index contributed by atoms with van der Waals surface area (Å²) in [6.45, 7) is 17.4. The molecule has 0 spiro atoms. The quantitative estimate of drug-likeness (QED) is 0.461. The normalized spacial score (nSPS) is 25.3. The molecule has 0 aliphatic carbocycles. The summed E-state index contributed by atoms with van der Waals surface area (Å²) >= 11 is 0. The van der Waals surface area contributed by atoms with Crippen LogP contribution in [0.5, 0.6) is 0 Å². The lowest BCUT2D eigenvalue weighted by Crippen LogP contribution is -2.72. The van der Waals surface area contributed by atoms with Crippen LogP contribution >= 0.6 is 0 Å². The molecule has 2 saturated heterocycles. The molecule has 2 rings (SSSR count). The van der Waals surface area contributed by atoms with E-state index in [0.29, 0.717) is 5.41 Å². The van der Waals surface area contributed by atoms with Crippen molar-refractivity contribution >= 4 is 5.96 Å². The summed E-state index contributed by atoms with van der Waals surface area (Å²) in [7, 11) is 0. The number of hydrogen-bond acceptors (Lipinski definition) is 3. The van der Waals surface area contributed by atoms with Gasteiger partial charge in [-0.25, -0.2) is 0 Å². The van der Waals surface area contributed by atoms with Crippen molar-refractivity contribution in [1.29, 1.82) is 0 Å². The molecule has 0 aromatic carbocycles. The number of aliphatic hydroxyl groups excluding tert-OH is 1. The third kappa shape index (κ3) is 4.18. The molecule has 0 bridgehead atoms. The summed E-state index contributed by atoms with van der Waals surface area (Å²) in [5, 5.41) is 13.0. The number of likely N-dealkylation sites (tertiary alicyclic amines) is 2. The molecule has 23 heavy (non-hydrogen) atoms. The molecular formula is C18H36N4O. The van der Waals surface area contributed by atoms with Crippen LogP contribution in [0.3, 0.4) is 0 Å². The first-order valence-corrected chi connectivity index (χ1v) is 9.24. The van der Waals surface area contributed by atoms with Gasteiger partial charge in [-0.1, -0.05) is 13.8 Å². The number of hydrogen-bond donors (Lipinski definition) is 2. The van der Waals surface area contributed by atoms with Crippen molar-refractivity contribution in [2.75, 3.05) is 39.3 Å². The first kappa shape index (κ1) is 18.5. The van der Waals surface area contributed by atoms with Crippen molar-refractivity contribution in [2.45, 2.75) is 65.5 Å². The van der Waals surface area contributed by atoms with Crippen LogP contribution in [-0.4, -0.2) is 71.8 Å².